The van der Waals surface area contributed by atoms with Gasteiger partial charge >= 0.3 is 0 Å². The first kappa shape index (κ1) is 36.5. The molecule has 2 amide bonds. The van der Waals surface area contributed by atoms with Gasteiger partial charge < -0.3 is 19.7 Å². The van der Waals surface area contributed by atoms with Crippen LogP contribution >= 0.6 is 0 Å². The topological polar surface area (TPSA) is 105 Å². The van der Waals surface area contributed by atoms with Gasteiger partial charge in [-0.25, -0.2) is 8.42 Å². The second-order valence-electron chi connectivity index (χ2n) is 12.9. The maximum Gasteiger partial charge on any atom is 0.264 e. The van der Waals surface area contributed by atoms with E-state index < -0.39 is 28.5 Å². The molecule has 0 heterocycles. The number of carbonyl (C=O) groups excluding carboxylic acids is 2. The zero-order chi connectivity index (χ0) is 35.7. The molecule has 9 nitrogen and oxygen atoms in total. The average molecular weight is 698 g/mol. The molecular formula is C40H47N3O6S. The molecule has 1 aliphatic carbocycles. The summed E-state index contributed by atoms with van der Waals surface area (Å²) in [6.45, 7) is 3.40. The summed E-state index contributed by atoms with van der Waals surface area (Å²) in [5, 5.41) is 3.25. The van der Waals surface area contributed by atoms with Crippen LogP contribution in [0.1, 0.15) is 54.4 Å². The van der Waals surface area contributed by atoms with Crippen LogP contribution in [0.15, 0.2) is 102 Å². The first-order valence-electron chi connectivity index (χ1n) is 17.1. The predicted molar refractivity (Wildman–Crippen MR) is 196 cm³/mol. The van der Waals surface area contributed by atoms with Gasteiger partial charge in [0.2, 0.25) is 11.8 Å². The first-order chi connectivity index (χ1) is 24.1. The Morgan fingerprint density at radius 1 is 0.820 bits per heavy atom. The van der Waals surface area contributed by atoms with E-state index in [1.807, 2.05) is 68.4 Å². The van der Waals surface area contributed by atoms with Crippen LogP contribution in [0.5, 0.6) is 11.5 Å². The Hall–Kier alpha value is -4.83. The van der Waals surface area contributed by atoms with Gasteiger partial charge in [0.1, 0.15) is 12.6 Å². The Bertz CT molecular complexity index is 1860. The van der Waals surface area contributed by atoms with Crippen LogP contribution in [0, 0.1) is 13.8 Å². The number of nitrogens with zero attached hydrogens (tertiary/aromatic N) is 2. The van der Waals surface area contributed by atoms with Gasteiger partial charge in [0.15, 0.2) is 11.5 Å². The fraction of sp³-hybridized carbons (Fsp3) is 0.350. The molecule has 4 aromatic rings. The normalized spacial score (nSPS) is 14.0. The number of amides is 2. The van der Waals surface area contributed by atoms with E-state index in [0.29, 0.717) is 11.5 Å². The highest BCUT2D eigenvalue weighted by atomic mass is 32.2. The van der Waals surface area contributed by atoms with Gasteiger partial charge in [-0.2, -0.15) is 0 Å². The molecule has 0 bridgehead atoms. The third kappa shape index (κ3) is 8.84. The van der Waals surface area contributed by atoms with Crippen molar-refractivity contribution in [3.8, 4) is 11.5 Å². The minimum Gasteiger partial charge on any atom is -0.493 e. The highest BCUT2D eigenvalue weighted by Gasteiger charge is 2.36. The minimum atomic E-state index is -4.26. The van der Waals surface area contributed by atoms with Gasteiger partial charge in [0, 0.05) is 25.1 Å². The molecule has 1 fully saturated rings. The third-order valence-corrected chi connectivity index (χ3v) is 11.2. The zero-order valence-electron chi connectivity index (χ0n) is 29.3. The number of hydrogen-bond donors (Lipinski definition) is 1. The molecular weight excluding hydrogens is 651 g/mol. The van der Waals surface area contributed by atoms with Crippen molar-refractivity contribution in [2.45, 2.75) is 75.9 Å². The fourth-order valence-corrected chi connectivity index (χ4v) is 7.82. The van der Waals surface area contributed by atoms with Crippen molar-refractivity contribution >= 4 is 27.5 Å². The smallest absolute Gasteiger partial charge is 0.264 e. The first-order valence-corrected chi connectivity index (χ1v) is 18.5. The summed E-state index contributed by atoms with van der Waals surface area (Å²) in [5.41, 5.74) is 3.83. The lowest BCUT2D eigenvalue weighted by Gasteiger charge is -2.35. The summed E-state index contributed by atoms with van der Waals surface area (Å²) in [6.07, 6.45) is 5.25. The van der Waals surface area contributed by atoms with Crippen molar-refractivity contribution in [1.29, 1.82) is 0 Å². The molecule has 264 valence electrons. The van der Waals surface area contributed by atoms with Crippen molar-refractivity contribution in [3.05, 3.63) is 119 Å². The Kier molecular flexibility index (Phi) is 12.2. The number of hydrogen-bond acceptors (Lipinski definition) is 6. The number of nitrogens with one attached hydrogen (secondary N) is 1. The Morgan fingerprint density at radius 2 is 1.48 bits per heavy atom. The van der Waals surface area contributed by atoms with Crippen LogP contribution in [-0.2, 0) is 32.6 Å². The molecule has 4 aromatic carbocycles. The summed E-state index contributed by atoms with van der Waals surface area (Å²) in [5.74, 6) is -0.0360. The number of rotatable bonds is 14. The number of sulfonamides is 1. The van der Waals surface area contributed by atoms with E-state index in [2.05, 4.69) is 5.32 Å². The standard InChI is InChI=1S/C40H47N3O6S/c1-29-19-22-35(23-20-29)50(46,47)43(34-21-24-37(48-3)38(26-34)49-4)28-39(44)42(27-32-16-12-11-13-30(32)2)36(25-31-14-7-5-8-15-31)40(45)41-33-17-9-6-10-18-33/h5,7-8,11-16,19-24,26,33,36H,6,9-10,17-18,25,27-28H2,1-4H3,(H,41,45). The molecule has 1 aliphatic rings. The molecule has 50 heavy (non-hydrogen) atoms. The molecule has 0 aromatic heterocycles. The second-order valence-corrected chi connectivity index (χ2v) is 14.7. The lowest BCUT2D eigenvalue weighted by molar-refractivity contribution is -0.140. The number of anilines is 1. The van der Waals surface area contributed by atoms with Crippen LogP contribution in [0.4, 0.5) is 5.69 Å². The second kappa shape index (κ2) is 16.7. The summed E-state index contributed by atoms with van der Waals surface area (Å²) >= 11 is 0. The van der Waals surface area contributed by atoms with E-state index in [-0.39, 0.29) is 35.5 Å². The van der Waals surface area contributed by atoms with Crippen molar-refractivity contribution in [3.63, 3.8) is 0 Å². The Labute approximate surface area is 296 Å². The Morgan fingerprint density at radius 3 is 2.14 bits per heavy atom. The molecule has 0 radical (unpaired) electrons. The van der Waals surface area contributed by atoms with E-state index in [1.165, 1.54) is 26.4 Å². The van der Waals surface area contributed by atoms with Crippen LogP contribution in [0.2, 0.25) is 0 Å². The predicted octanol–water partition coefficient (Wildman–Crippen LogP) is 6.60. The van der Waals surface area contributed by atoms with E-state index in [9.17, 15) is 18.0 Å². The van der Waals surface area contributed by atoms with Gasteiger partial charge in [0.05, 0.1) is 24.8 Å². The largest absolute Gasteiger partial charge is 0.493 e. The van der Waals surface area contributed by atoms with E-state index in [4.69, 9.17) is 9.47 Å². The quantitative estimate of drug-likeness (QED) is 0.159. The SMILES string of the molecule is COc1ccc(N(CC(=O)N(Cc2ccccc2C)C(Cc2ccccc2)C(=O)NC2CCCCC2)S(=O)(=O)c2ccc(C)cc2)cc1OC. The van der Waals surface area contributed by atoms with Gasteiger partial charge in [-0.3, -0.25) is 13.9 Å². The van der Waals surface area contributed by atoms with Gasteiger partial charge in [0.25, 0.3) is 10.0 Å². The van der Waals surface area contributed by atoms with Crippen LogP contribution in [0.3, 0.4) is 0 Å². The molecule has 0 saturated heterocycles. The van der Waals surface area contributed by atoms with E-state index in [0.717, 1.165) is 58.7 Å². The van der Waals surface area contributed by atoms with Crippen molar-refractivity contribution in [2.24, 2.45) is 0 Å². The molecule has 1 unspecified atom stereocenters. The number of benzene rings is 4. The molecule has 0 aliphatic heterocycles. The number of methoxy groups -OCH3 is 2. The zero-order valence-corrected chi connectivity index (χ0v) is 30.1. The van der Waals surface area contributed by atoms with Crippen molar-refractivity contribution in [2.75, 3.05) is 25.1 Å². The number of aryl methyl sites for hydroxylation is 2. The van der Waals surface area contributed by atoms with Gasteiger partial charge in [-0.1, -0.05) is 91.6 Å². The molecule has 1 saturated carbocycles. The molecule has 1 atom stereocenters. The van der Waals surface area contributed by atoms with Crippen molar-refractivity contribution < 1.29 is 27.5 Å². The summed E-state index contributed by atoms with van der Waals surface area (Å²) in [4.78, 5) is 30.8. The van der Waals surface area contributed by atoms with Gasteiger partial charge in [-0.15, -0.1) is 0 Å². The van der Waals surface area contributed by atoms with Crippen LogP contribution < -0.4 is 19.1 Å². The molecule has 0 spiro atoms. The monoisotopic (exact) mass is 697 g/mol. The highest BCUT2D eigenvalue weighted by Crippen LogP contribution is 2.34. The van der Waals surface area contributed by atoms with Crippen LogP contribution in [0.25, 0.3) is 0 Å². The lowest BCUT2D eigenvalue weighted by Crippen LogP contribution is -2.55. The third-order valence-electron chi connectivity index (χ3n) is 9.37. The minimum absolute atomic E-state index is 0.0233. The fourth-order valence-electron chi connectivity index (χ4n) is 6.42. The van der Waals surface area contributed by atoms with Crippen LogP contribution in [-0.4, -0.2) is 58.0 Å². The van der Waals surface area contributed by atoms with Crippen molar-refractivity contribution in [1.82, 2.24) is 10.2 Å². The van der Waals surface area contributed by atoms with E-state index in [1.54, 1.807) is 35.2 Å². The Balaban J connectivity index is 1.60. The highest BCUT2D eigenvalue weighted by molar-refractivity contribution is 7.92. The molecule has 5 rings (SSSR count). The summed E-state index contributed by atoms with van der Waals surface area (Å²) in [7, 11) is -1.30. The number of ether oxygens (including phenoxy) is 2. The maximum atomic E-state index is 14.9. The lowest BCUT2D eigenvalue weighted by atomic mass is 9.94. The number of carbonyl (C=O) groups is 2. The maximum absolute atomic E-state index is 14.9. The van der Waals surface area contributed by atoms with Gasteiger partial charge in [-0.05, 0) is 67.6 Å². The average Bonchev–Trinajstić information content (AvgIpc) is 3.13. The molecule has 10 heteroatoms. The summed E-state index contributed by atoms with van der Waals surface area (Å²) < 4.78 is 40.9. The molecule has 1 N–H and O–H groups in total. The summed E-state index contributed by atoms with van der Waals surface area (Å²) in [6, 6.07) is 27.7. The van der Waals surface area contributed by atoms with E-state index >= 15 is 0 Å².